The lowest BCUT2D eigenvalue weighted by atomic mass is 9.85. The first-order valence-corrected chi connectivity index (χ1v) is 13.7. The molecule has 1 N–H and O–H groups in total. The largest absolute Gasteiger partial charge is 0.328 e. The molecule has 0 spiro atoms. The van der Waals surface area contributed by atoms with Crippen LogP contribution in [-0.2, 0) is 0 Å². The summed E-state index contributed by atoms with van der Waals surface area (Å²) in [6, 6.07) is 7.61. The molecule has 0 aromatic heterocycles. The molecule has 5 nitrogen and oxygen atoms in total. The number of piperazine rings is 1. The Morgan fingerprint density at radius 3 is 2.26 bits per heavy atom. The third-order valence-corrected chi connectivity index (χ3v) is 9.26. The quantitative estimate of drug-likeness (QED) is 0.667. The molecule has 4 fully saturated rings. The minimum Gasteiger partial charge on any atom is -0.328 e. The fourth-order valence-electron chi connectivity index (χ4n) is 7.13. The number of hydrogen-bond donors (Lipinski definition) is 1. The van der Waals surface area contributed by atoms with Crippen molar-refractivity contribution < 1.29 is 13.6 Å². The van der Waals surface area contributed by atoms with Crippen molar-refractivity contribution in [1.29, 1.82) is 0 Å². The Balaban J connectivity index is 1.19. The van der Waals surface area contributed by atoms with Gasteiger partial charge in [0.05, 0.1) is 0 Å². The first-order chi connectivity index (χ1) is 16.7. The average Bonchev–Trinajstić information content (AvgIpc) is 3.40. The van der Waals surface area contributed by atoms with Crippen LogP contribution in [-0.4, -0.2) is 84.0 Å². The Hall–Kier alpha value is -1.73. The van der Waals surface area contributed by atoms with Gasteiger partial charge >= 0.3 is 6.03 Å². The molecular weight excluding hydrogens is 446 g/mol. The van der Waals surface area contributed by atoms with Gasteiger partial charge in [0.2, 0.25) is 0 Å². The fraction of sp³-hybridized carbons (Fsp3) is 0.750. The topological polar surface area (TPSA) is 38.8 Å². The van der Waals surface area contributed by atoms with Crippen LogP contribution < -0.4 is 5.32 Å². The number of alkyl halides is 2. The molecule has 2 amide bonds. The summed E-state index contributed by atoms with van der Waals surface area (Å²) >= 11 is 0. The number of halogens is 2. The SMILES string of the molecule is Cc1ccc(C2C[C@@H]3CN(C(=O)N[C@@H]4[C@@H](N5CCN(C(C)C)CC5)CCCC4(F)F)C[C@@H]3C2)cc1. The zero-order valence-electron chi connectivity index (χ0n) is 21.6. The van der Waals surface area contributed by atoms with Gasteiger partial charge in [0.15, 0.2) is 0 Å². The molecule has 2 saturated heterocycles. The summed E-state index contributed by atoms with van der Waals surface area (Å²) in [5, 5.41) is 2.85. The van der Waals surface area contributed by atoms with Crippen molar-refractivity contribution in [2.45, 2.75) is 82.8 Å². The van der Waals surface area contributed by atoms with E-state index in [-0.39, 0.29) is 18.5 Å². The summed E-state index contributed by atoms with van der Waals surface area (Å²) in [4.78, 5) is 19.7. The zero-order valence-corrected chi connectivity index (χ0v) is 21.6. The van der Waals surface area contributed by atoms with Crippen molar-refractivity contribution in [2.75, 3.05) is 39.3 Å². The predicted molar refractivity (Wildman–Crippen MR) is 135 cm³/mol. The van der Waals surface area contributed by atoms with Gasteiger partial charge < -0.3 is 10.2 Å². The van der Waals surface area contributed by atoms with E-state index in [9.17, 15) is 4.79 Å². The third-order valence-electron chi connectivity index (χ3n) is 9.26. The molecule has 2 heterocycles. The molecule has 2 aliphatic heterocycles. The molecule has 0 radical (unpaired) electrons. The zero-order chi connectivity index (χ0) is 24.7. The number of carbonyl (C=O) groups excluding carboxylic acids is 1. The molecule has 35 heavy (non-hydrogen) atoms. The smallest absolute Gasteiger partial charge is 0.317 e. The van der Waals surface area contributed by atoms with Gasteiger partial charge in [0, 0.05) is 57.8 Å². The van der Waals surface area contributed by atoms with E-state index in [0.29, 0.717) is 43.3 Å². The number of fused-ring (bicyclic) bond motifs is 1. The molecule has 7 heteroatoms. The molecule has 5 atom stereocenters. The van der Waals surface area contributed by atoms with Crippen LogP contribution in [0.2, 0.25) is 0 Å². The molecule has 1 aromatic carbocycles. The van der Waals surface area contributed by atoms with E-state index >= 15 is 8.78 Å². The minimum absolute atomic E-state index is 0.135. The summed E-state index contributed by atoms with van der Waals surface area (Å²) in [5.74, 6) is -1.37. The van der Waals surface area contributed by atoms with E-state index in [2.05, 4.69) is 60.2 Å². The van der Waals surface area contributed by atoms with Crippen LogP contribution in [0.15, 0.2) is 24.3 Å². The maximum absolute atomic E-state index is 15.2. The number of rotatable bonds is 4. The highest BCUT2D eigenvalue weighted by atomic mass is 19.3. The first kappa shape index (κ1) is 24.9. The number of carbonyl (C=O) groups is 1. The summed E-state index contributed by atoms with van der Waals surface area (Å²) < 4.78 is 30.3. The van der Waals surface area contributed by atoms with Gasteiger partial charge in [-0.05, 0) is 69.8 Å². The van der Waals surface area contributed by atoms with Crippen molar-refractivity contribution in [2.24, 2.45) is 11.8 Å². The number of benzene rings is 1. The highest BCUT2D eigenvalue weighted by Gasteiger charge is 2.51. The van der Waals surface area contributed by atoms with E-state index in [1.54, 1.807) is 0 Å². The number of amides is 2. The summed E-state index contributed by atoms with van der Waals surface area (Å²) in [6.07, 6.45) is 3.28. The Morgan fingerprint density at radius 1 is 1.03 bits per heavy atom. The van der Waals surface area contributed by atoms with Crippen molar-refractivity contribution in [3.63, 3.8) is 0 Å². The van der Waals surface area contributed by atoms with Gasteiger partial charge in [0.1, 0.15) is 6.04 Å². The van der Waals surface area contributed by atoms with Gasteiger partial charge in [-0.15, -0.1) is 0 Å². The van der Waals surface area contributed by atoms with Crippen LogP contribution in [0.3, 0.4) is 0 Å². The standard InChI is InChI=1S/C28H42F2N4O/c1-19(2)32-11-13-33(14-12-32)25-5-4-10-28(29,30)26(25)31-27(35)34-17-23-15-22(16-24(23)18-34)21-8-6-20(3)7-9-21/h6-9,19,22-26H,4-5,10-18H2,1-3H3,(H,31,35)/t22?,23-,24+,25-,26+/m0/s1. The van der Waals surface area contributed by atoms with Gasteiger partial charge in [0.25, 0.3) is 5.92 Å². The van der Waals surface area contributed by atoms with E-state index in [1.165, 1.54) is 11.1 Å². The second-order valence-electron chi connectivity index (χ2n) is 11.8. The minimum atomic E-state index is -2.86. The highest BCUT2D eigenvalue weighted by molar-refractivity contribution is 5.75. The normalized spacial score (nSPS) is 33.8. The van der Waals surface area contributed by atoms with Gasteiger partial charge in [-0.1, -0.05) is 29.8 Å². The maximum Gasteiger partial charge on any atom is 0.317 e. The first-order valence-electron chi connectivity index (χ1n) is 13.7. The van der Waals surface area contributed by atoms with E-state index in [4.69, 9.17) is 0 Å². The number of hydrogen-bond acceptors (Lipinski definition) is 3. The molecule has 194 valence electrons. The summed E-state index contributed by atoms with van der Waals surface area (Å²) in [7, 11) is 0. The molecule has 0 bridgehead atoms. The van der Waals surface area contributed by atoms with E-state index in [0.717, 1.165) is 45.4 Å². The number of urea groups is 1. The van der Waals surface area contributed by atoms with E-state index < -0.39 is 12.0 Å². The third kappa shape index (κ3) is 5.22. The molecular formula is C28H42F2N4O. The highest BCUT2D eigenvalue weighted by Crippen LogP contribution is 2.46. The lowest BCUT2D eigenvalue weighted by molar-refractivity contribution is -0.0971. The van der Waals surface area contributed by atoms with Crippen LogP contribution in [0.1, 0.15) is 63.0 Å². The Bertz CT molecular complexity index is 869. The number of nitrogens with one attached hydrogen (secondary N) is 1. The van der Waals surface area contributed by atoms with Crippen LogP contribution in [0.4, 0.5) is 13.6 Å². The maximum atomic E-state index is 15.2. The predicted octanol–water partition coefficient (Wildman–Crippen LogP) is 4.71. The average molecular weight is 489 g/mol. The van der Waals surface area contributed by atoms with Crippen LogP contribution in [0.25, 0.3) is 0 Å². The van der Waals surface area contributed by atoms with E-state index in [1.807, 2.05) is 4.90 Å². The fourth-order valence-corrected chi connectivity index (χ4v) is 7.13. The summed E-state index contributed by atoms with van der Waals surface area (Å²) in [6.45, 7) is 11.2. The van der Waals surface area contributed by atoms with Gasteiger partial charge in [-0.25, -0.2) is 13.6 Å². The molecule has 4 aliphatic rings. The van der Waals surface area contributed by atoms with Crippen LogP contribution in [0, 0.1) is 18.8 Å². The Morgan fingerprint density at radius 2 is 1.66 bits per heavy atom. The molecule has 5 rings (SSSR count). The molecule has 2 aliphatic carbocycles. The molecule has 2 saturated carbocycles. The lowest BCUT2D eigenvalue weighted by Gasteiger charge is -2.47. The molecule has 1 aromatic rings. The van der Waals surface area contributed by atoms with Crippen LogP contribution in [0.5, 0.6) is 0 Å². The number of aryl methyl sites for hydroxylation is 1. The van der Waals surface area contributed by atoms with Crippen molar-refractivity contribution in [3.8, 4) is 0 Å². The second-order valence-corrected chi connectivity index (χ2v) is 11.8. The lowest BCUT2D eigenvalue weighted by Crippen LogP contribution is -2.65. The van der Waals surface area contributed by atoms with Crippen molar-refractivity contribution >= 4 is 6.03 Å². The monoisotopic (exact) mass is 488 g/mol. The van der Waals surface area contributed by atoms with Gasteiger partial charge in [-0.3, -0.25) is 9.80 Å². The Labute approximate surface area is 209 Å². The summed E-state index contributed by atoms with van der Waals surface area (Å²) in [5.41, 5.74) is 2.66. The van der Waals surface area contributed by atoms with Crippen LogP contribution >= 0.6 is 0 Å². The number of likely N-dealkylation sites (tertiary alicyclic amines) is 1. The molecule has 1 unspecified atom stereocenters. The Kier molecular flexibility index (Phi) is 7.10. The van der Waals surface area contributed by atoms with Crippen molar-refractivity contribution in [3.05, 3.63) is 35.4 Å². The van der Waals surface area contributed by atoms with Crippen molar-refractivity contribution in [1.82, 2.24) is 20.0 Å². The van der Waals surface area contributed by atoms with Gasteiger partial charge in [-0.2, -0.15) is 0 Å². The number of nitrogens with zero attached hydrogens (tertiary/aromatic N) is 3. The second kappa shape index (κ2) is 9.97.